The molecule has 0 spiro atoms. The number of anilines is 2. The van der Waals surface area contributed by atoms with Crippen molar-refractivity contribution >= 4 is 57.5 Å². The standard InChI is InChI=1S/C41H43FN10O6/c1-23(2)58-34-17-31-24(15-32(34)45-37(54)30-18-44-50-14-4-13-43-36(30)50)19-51(47-31)26-7-5-25(6-8-26)48(3)20-41(42)21-49(22-41)27-9-10-28-29(16-27)40(57)52(39(28)56)33-11-12-35(53)46-38(33)55/h4,9-10,13-19,23,25-26,33H,5-8,11-12,20-22H2,1-3H3,(H,45,54)(H,46,53,55). The lowest BCUT2D eigenvalue weighted by atomic mass is 9.88. The second-order valence-electron chi connectivity index (χ2n) is 16.1. The highest BCUT2D eigenvalue weighted by Gasteiger charge is 2.48. The number of nitrogens with zero attached hydrogens (tertiary/aromatic N) is 8. The van der Waals surface area contributed by atoms with E-state index in [-0.39, 0.29) is 67.7 Å². The predicted octanol–water partition coefficient (Wildman–Crippen LogP) is 4.16. The van der Waals surface area contributed by atoms with Crippen molar-refractivity contribution in [2.45, 2.75) is 82.3 Å². The van der Waals surface area contributed by atoms with Crippen LogP contribution in [0.15, 0.2) is 61.2 Å². The first-order valence-electron chi connectivity index (χ1n) is 19.6. The molecule has 2 saturated heterocycles. The summed E-state index contributed by atoms with van der Waals surface area (Å²) < 4.78 is 25.8. The summed E-state index contributed by atoms with van der Waals surface area (Å²) in [5.41, 5.74) is 1.64. The van der Waals surface area contributed by atoms with Gasteiger partial charge in [0.25, 0.3) is 17.7 Å². The third-order valence-electron chi connectivity index (χ3n) is 11.7. The molecule has 9 rings (SSSR count). The molecule has 5 aromatic rings. The van der Waals surface area contributed by atoms with Gasteiger partial charge in [0.05, 0.1) is 53.8 Å². The Hall–Kier alpha value is -6.23. The van der Waals surface area contributed by atoms with E-state index in [9.17, 15) is 24.0 Å². The number of ether oxygens (including phenoxy) is 1. The Labute approximate surface area is 332 Å². The summed E-state index contributed by atoms with van der Waals surface area (Å²) in [4.78, 5) is 73.0. The van der Waals surface area contributed by atoms with Crippen LogP contribution in [0.4, 0.5) is 15.8 Å². The zero-order valence-corrected chi connectivity index (χ0v) is 32.4. The van der Waals surface area contributed by atoms with E-state index < -0.39 is 35.3 Å². The van der Waals surface area contributed by atoms with Gasteiger partial charge in [0.15, 0.2) is 11.3 Å². The second kappa shape index (κ2) is 14.3. The predicted molar refractivity (Wildman–Crippen MR) is 210 cm³/mol. The Balaban J connectivity index is 0.811. The van der Waals surface area contributed by atoms with Crippen molar-refractivity contribution in [3.05, 3.63) is 77.9 Å². The minimum absolute atomic E-state index is 0.0458. The minimum Gasteiger partial charge on any atom is -0.489 e. The Morgan fingerprint density at radius 2 is 1.83 bits per heavy atom. The summed E-state index contributed by atoms with van der Waals surface area (Å²) in [5, 5.41) is 15.2. The third-order valence-corrected chi connectivity index (χ3v) is 11.7. The maximum atomic E-state index is 16.1. The van der Waals surface area contributed by atoms with Crippen molar-refractivity contribution < 1.29 is 33.1 Å². The van der Waals surface area contributed by atoms with Crippen LogP contribution in [-0.4, -0.2) is 114 Å². The number of hydrogen-bond donors (Lipinski definition) is 2. The summed E-state index contributed by atoms with van der Waals surface area (Å²) in [5.74, 6) is -2.08. The van der Waals surface area contributed by atoms with Crippen LogP contribution >= 0.6 is 0 Å². The average molecular weight is 791 g/mol. The highest BCUT2D eigenvalue weighted by atomic mass is 19.1. The van der Waals surface area contributed by atoms with Crippen molar-refractivity contribution in [3.8, 4) is 5.75 Å². The first-order chi connectivity index (χ1) is 27.8. The topological polar surface area (TPSA) is 176 Å². The number of alkyl halides is 1. The average Bonchev–Trinajstić information content (AvgIpc) is 3.88. The van der Waals surface area contributed by atoms with Gasteiger partial charge in [-0.3, -0.25) is 38.9 Å². The number of carbonyl (C=O) groups excluding carboxylic acids is 5. The van der Waals surface area contributed by atoms with Crippen LogP contribution in [0.1, 0.15) is 89.5 Å². The van der Waals surface area contributed by atoms with Gasteiger partial charge in [0.1, 0.15) is 17.4 Å². The van der Waals surface area contributed by atoms with Gasteiger partial charge in [-0.25, -0.2) is 13.9 Å². The van der Waals surface area contributed by atoms with Gasteiger partial charge in [0, 0.05) is 54.7 Å². The van der Waals surface area contributed by atoms with E-state index in [2.05, 4.69) is 25.6 Å². The van der Waals surface area contributed by atoms with Gasteiger partial charge in [-0.2, -0.15) is 10.2 Å². The summed E-state index contributed by atoms with van der Waals surface area (Å²) in [6.07, 6.45) is 10.3. The first kappa shape index (κ1) is 37.4. The fraction of sp³-hybridized carbons (Fsp3) is 0.415. The summed E-state index contributed by atoms with van der Waals surface area (Å²) >= 11 is 0. The highest BCUT2D eigenvalue weighted by molar-refractivity contribution is 6.23. The van der Waals surface area contributed by atoms with Crippen molar-refractivity contribution in [1.29, 1.82) is 0 Å². The van der Waals surface area contributed by atoms with Crippen LogP contribution < -0.4 is 20.3 Å². The monoisotopic (exact) mass is 790 g/mol. The molecule has 58 heavy (non-hydrogen) atoms. The molecular weight excluding hydrogens is 748 g/mol. The number of benzene rings is 2. The number of fused-ring (bicyclic) bond motifs is 3. The lowest BCUT2D eigenvalue weighted by molar-refractivity contribution is -0.136. The van der Waals surface area contributed by atoms with E-state index in [0.29, 0.717) is 28.3 Å². The third kappa shape index (κ3) is 6.72. The van der Waals surface area contributed by atoms with Crippen LogP contribution in [0.3, 0.4) is 0 Å². The molecule has 4 aliphatic rings. The van der Waals surface area contributed by atoms with Gasteiger partial charge in [-0.15, -0.1) is 0 Å². The van der Waals surface area contributed by atoms with Crippen LogP contribution in [0.25, 0.3) is 16.6 Å². The van der Waals surface area contributed by atoms with Crippen molar-refractivity contribution in [1.82, 2.24) is 39.5 Å². The van der Waals surface area contributed by atoms with Crippen LogP contribution in [0, 0.1) is 0 Å². The molecule has 3 aromatic heterocycles. The number of aromatic nitrogens is 5. The van der Waals surface area contributed by atoms with Crippen molar-refractivity contribution in [2.24, 2.45) is 0 Å². The van der Waals surface area contributed by atoms with E-state index >= 15 is 4.39 Å². The van der Waals surface area contributed by atoms with Gasteiger partial charge in [0.2, 0.25) is 11.8 Å². The number of carbonyl (C=O) groups is 5. The fourth-order valence-corrected chi connectivity index (χ4v) is 8.80. The molecule has 300 valence electrons. The molecule has 0 bridgehead atoms. The molecular formula is C41H43FN10O6. The number of amides is 5. The SMILES string of the molecule is CC(C)Oc1cc2nn(C3CCC(N(C)CC4(F)CN(c5ccc6c(c5)C(=O)N(C5CCC(=O)NC5=O)C6=O)C4)CC3)cc2cc1NC(=O)c1cnn2cccnc12. The molecule has 5 amide bonds. The summed E-state index contributed by atoms with van der Waals surface area (Å²) in [7, 11) is 1.97. The van der Waals surface area contributed by atoms with Crippen molar-refractivity contribution in [2.75, 3.05) is 36.9 Å². The number of hydrogen-bond acceptors (Lipinski definition) is 11. The van der Waals surface area contributed by atoms with E-state index in [1.807, 2.05) is 48.8 Å². The zero-order valence-electron chi connectivity index (χ0n) is 32.4. The number of piperidine rings is 1. The molecule has 1 unspecified atom stereocenters. The summed E-state index contributed by atoms with van der Waals surface area (Å²) in [6.45, 7) is 4.40. The van der Waals surface area contributed by atoms with E-state index in [1.165, 1.54) is 6.20 Å². The molecule has 1 aliphatic carbocycles. The Morgan fingerprint density at radius 3 is 2.59 bits per heavy atom. The number of halogens is 1. The second-order valence-corrected chi connectivity index (χ2v) is 16.1. The number of nitrogens with one attached hydrogen (secondary N) is 2. The van der Waals surface area contributed by atoms with Crippen molar-refractivity contribution in [3.63, 3.8) is 0 Å². The largest absolute Gasteiger partial charge is 0.489 e. The Kier molecular flexibility index (Phi) is 9.21. The van der Waals surface area contributed by atoms with E-state index in [4.69, 9.17) is 9.84 Å². The summed E-state index contributed by atoms with van der Waals surface area (Å²) in [6, 6.07) is 9.66. The smallest absolute Gasteiger partial charge is 0.262 e. The fourth-order valence-electron chi connectivity index (χ4n) is 8.80. The van der Waals surface area contributed by atoms with Crippen LogP contribution in [-0.2, 0) is 9.59 Å². The highest BCUT2D eigenvalue weighted by Crippen LogP contribution is 2.38. The van der Waals surface area contributed by atoms with Gasteiger partial charge in [-0.05, 0) is 83.3 Å². The van der Waals surface area contributed by atoms with Gasteiger partial charge >= 0.3 is 0 Å². The van der Waals surface area contributed by atoms with E-state index in [0.717, 1.165) is 41.5 Å². The maximum absolute atomic E-state index is 16.1. The van der Waals surface area contributed by atoms with Gasteiger partial charge in [-0.1, -0.05) is 0 Å². The van der Waals surface area contributed by atoms with Crippen LogP contribution in [0.2, 0.25) is 0 Å². The molecule has 2 N–H and O–H groups in total. The minimum atomic E-state index is -1.45. The molecule has 1 saturated carbocycles. The number of rotatable bonds is 10. The van der Waals surface area contributed by atoms with Crippen LogP contribution in [0.5, 0.6) is 5.75 Å². The molecule has 1 atom stereocenters. The normalized spacial score (nSPS) is 21.9. The Morgan fingerprint density at radius 1 is 1.05 bits per heavy atom. The lowest BCUT2D eigenvalue weighted by Gasteiger charge is -2.49. The lowest BCUT2D eigenvalue weighted by Crippen LogP contribution is -2.64. The molecule has 3 aliphatic heterocycles. The Bertz CT molecular complexity index is 2500. The quantitative estimate of drug-likeness (QED) is 0.194. The maximum Gasteiger partial charge on any atom is 0.262 e. The number of imide groups is 2. The van der Waals surface area contributed by atoms with E-state index in [1.54, 1.807) is 41.2 Å². The molecule has 0 radical (unpaired) electrons. The van der Waals surface area contributed by atoms with Gasteiger partial charge < -0.3 is 19.9 Å². The molecule has 6 heterocycles. The molecule has 2 aromatic carbocycles. The molecule has 16 nitrogen and oxygen atoms in total. The molecule has 3 fully saturated rings. The first-order valence-corrected chi connectivity index (χ1v) is 19.6. The zero-order chi connectivity index (χ0) is 40.5. The molecule has 17 heteroatoms.